The molecule has 19 heteroatoms. The molecule has 4 atom stereocenters. The standard InChI is InChI=1S/C21H24N2O3.C10H12N4O3.C8H11N3O3S/c1-4-17-18(19(24)16-10-13(2)9-14(3)11-16)23(21(26)22-20(17)25)12-15-7-5-6-8-15;15-3-6-1-2-7(17-6)14-5-13-8-9(14)11-4-12-10(8)16;9-5-1-2-11(8(13)10-5)6-4-15-7(3-12)14-6/h5-6,9-11,15H,4,7-8,12H2,1-3H3,(H,22,25,26);4-7,15H,1-3H2,(H,11,12,16);1-2,6-7,12H,3-4H2,(H2,9,10,13)/t;6-,7+;6-,7-/m.01/s1. The van der Waals surface area contributed by atoms with Crippen LogP contribution in [0.15, 0.2) is 74.4 Å². The van der Waals surface area contributed by atoms with E-state index < -0.39 is 16.9 Å². The highest BCUT2D eigenvalue weighted by Gasteiger charge is 2.29. The molecule has 3 aliphatic rings. The van der Waals surface area contributed by atoms with Gasteiger partial charge < -0.3 is 30.4 Å². The first-order chi connectivity index (χ1) is 27.9. The second kappa shape index (κ2) is 18.9. The summed E-state index contributed by atoms with van der Waals surface area (Å²) < 4.78 is 15.6. The molecule has 18 nitrogen and oxygen atoms in total. The zero-order chi connectivity index (χ0) is 41.5. The summed E-state index contributed by atoms with van der Waals surface area (Å²) >= 11 is 1.47. The Hall–Kier alpha value is -5.47. The molecule has 58 heavy (non-hydrogen) atoms. The first kappa shape index (κ1) is 42.1. The number of ketones is 1. The number of thioether (sulfide) groups is 1. The van der Waals surface area contributed by atoms with Crippen LogP contribution in [0.5, 0.6) is 0 Å². The highest BCUT2D eigenvalue weighted by Crippen LogP contribution is 2.31. The molecule has 0 amide bonds. The van der Waals surface area contributed by atoms with Gasteiger partial charge in [0.1, 0.15) is 29.4 Å². The second-order valence-corrected chi connectivity index (χ2v) is 15.4. The number of hydrogen-bond donors (Lipinski definition) is 5. The topological polar surface area (TPSA) is 255 Å². The fourth-order valence-electron chi connectivity index (χ4n) is 7.13. The number of aromatic amines is 2. The smallest absolute Gasteiger partial charge is 0.351 e. The van der Waals surface area contributed by atoms with Crippen LogP contribution >= 0.6 is 11.8 Å². The quantitative estimate of drug-likeness (QED) is 0.106. The summed E-state index contributed by atoms with van der Waals surface area (Å²) in [6.45, 7) is 6.07. The van der Waals surface area contributed by atoms with Crippen molar-refractivity contribution in [3.8, 4) is 0 Å². The zero-order valence-corrected chi connectivity index (χ0v) is 33.2. The molecular weight excluding hydrogens is 771 g/mol. The maximum absolute atomic E-state index is 13.3. The number of aliphatic hydroxyl groups is 2. The number of aryl methyl sites for hydroxylation is 2. The minimum absolute atomic E-state index is 0.0111. The highest BCUT2D eigenvalue weighted by molar-refractivity contribution is 8.00. The summed E-state index contributed by atoms with van der Waals surface area (Å²) in [6, 6.07) is 7.15. The van der Waals surface area contributed by atoms with Gasteiger partial charge in [0, 0.05) is 29.6 Å². The molecule has 5 aromatic rings. The van der Waals surface area contributed by atoms with Gasteiger partial charge in [-0.3, -0.25) is 33.1 Å². The van der Waals surface area contributed by atoms with E-state index in [-0.39, 0.29) is 66.0 Å². The Morgan fingerprint density at radius 2 is 1.71 bits per heavy atom. The lowest BCUT2D eigenvalue weighted by molar-refractivity contribution is -0.0207. The molecule has 2 fully saturated rings. The third-order valence-electron chi connectivity index (χ3n) is 9.90. The van der Waals surface area contributed by atoms with Crippen molar-refractivity contribution in [2.75, 3.05) is 24.7 Å². The maximum atomic E-state index is 13.3. The van der Waals surface area contributed by atoms with Crippen molar-refractivity contribution in [1.82, 2.24) is 38.6 Å². The molecule has 6 heterocycles. The molecule has 2 saturated heterocycles. The SMILES string of the molecule is CCc1c(C(=O)c2cc(C)cc(C)c2)n(CC2CC=CC2)c(=O)[nH]c1=O.Nc1ccn([C@H]2CS[C@H](CO)O2)c(=O)n1.O=c1[nH]cnc2c1ncn2[C@H]1CC[C@@H](CO)O1. The lowest BCUT2D eigenvalue weighted by Crippen LogP contribution is -2.38. The van der Waals surface area contributed by atoms with E-state index in [0.717, 1.165) is 36.8 Å². The van der Waals surface area contributed by atoms with Crippen LogP contribution in [0.2, 0.25) is 0 Å². The van der Waals surface area contributed by atoms with Gasteiger partial charge in [0.05, 0.1) is 32.0 Å². The Balaban J connectivity index is 0.000000154. The zero-order valence-electron chi connectivity index (χ0n) is 32.4. The van der Waals surface area contributed by atoms with Crippen LogP contribution in [0.3, 0.4) is 0 Å². The van der Waals surface area contributed by atoms with E-state index in [4.69, 9.17) is 25.4 Å². The van der Waals surface area contributed by atoms with Crippen LogP contribution in [0.1, 0.15) is 77.8 Å². The average Bonchev–Trinajstić information content (AvgIpc) is 4.04. The van der Waals surface area contributed by atoms with Gasteiger partial charge >= 0.3 is 11.4 Å². The lowest BCUT2D eigenvalue weighted by atomic mass is 9.98. The largest absolute Gasteiger partial charge is 0.394 e. The van der Waals surface area contributed by atoms with Crippen LogP contribution in [0.4, 0.5) is 5.82 Å². The number of carbonyl (C=O) groups excluding carboxylic acids is 1. The number of aromatic nitrogens is 8. The maximum Gasteiger partial charge on any atom is 0.351 e. The van der Waals surface area contributed by atoms with Gasteiger partial charge in [0.25, 0.3) is 11.1 Å². The minimum Gasteiger partial charge on any atom is -0.394 e. The summed E-state index contributed by atoms with van der Waals surface area (Å²) in [6.07, 6.45) is 11.7. The number of aliphatic hydroxyl groups excluding tert-OH is 2. The van der Waals surface area contributed by atoms with E-state index in [2.05, 4.69) is 37.1 Å². The van der Waals surface area contributed by atoms with E-state index in [1.165, 1.54) is 27.2 Å². The average molecular weight is 818 g/mol. The summed E-state index contributed by atoms with van der Waals surface area (Å²) in [5.41, 5.74) is 7.34. The molecule has 6 N–H and O–H groups in total. The Kier molecular flexibility index (Phi) is 13.7. The molecule has 2 aliphatic heterocycles. The van der Waals surface area contributed by atoms with Crippen LogP contribution in [0.25, 0.3) is 11.2 Å². The van der Waals surface area contributed by atoms with Crippen LogP contribution in [-0.4, -0.2) is 85.1 Å². The summed E-state index contributed by atoms with van der Waals surface area (Å²) in [5, 5.41) is 17.9. The molecule has 0 saturated carbocycles. The van der Waals surface area contributed by atoms with Gasteiger partial charge in [-0.05, 0) is 70.1 Å². The fraction of sp³-hybridized carbons (Fsp3) is 0.436. The number of nitrogen functional groups attached to an aromatic ring is 1. The predicted octanol–water partition coefficient (Wildman–Crippen LogP) is 2.11. The summed E-state index contributed by atoms with van der Waals surface area (Å²) in [4.78, 5) is 77.6. The highest BCUT2D eigenvalue weighted by atomic mass is 32.2. The molecule has 0 spiro atoms. The molecule has 308 valence electrons. The first-order valence-electron chi connectivity index (χ1n) is 18.9. The van der Waals surface area contributed by atoms with Crippen molar-refractivity contribution in [3.63, 3.8) is 0 Å². The van der Waals surface area contributed by atoms with Crippen molar-refractivity contribution < 1.29 is 24.5 Å². The monoisotopic (exact) mass is 817 g/mol. The fourth-order valence-corrected chi connectivity index (χ4v) is 8.06. The van der Waals surface area contributed by atoms with Crippen molar-refractivity contribution in [3.05, 3.63) is 125 Å². The number of anilines is 1. The van der Waals surface area contributed by atoms with Crippen LogP contribution < -0.4 is 28.2 Å². The molecule has 0 unspecified atom stereocenters. The van der Waals surface area contributed by atoms with Crippen molar-refractivity contribution >= 4 is 34.5 Å². The van der Waals surface area contributed by atoms with Gasteiger partial charge in [-0.25, -0.2) is 19.6 Å². The third kappa shape index (κ3) is 9.62. The summed E-state index contributed by atoms with van der Waals surface area (Å²) in [7, 11) is 0. The van der Waals surface area contributed by atoms with Crippen molar-refractivity contribution in [2.24, 2.45) is 5.92 Å². The number of imidazole rings is 1. The molecule has 0 radical (unpaired) electrons. The number of fused-ring (bicyclic) bond motifs is 1. The Bertz CT molecular complexity index is 2500. The van der Waals surface area contributed by atoms with E-state index in [0.29, 0.717) is 41.0 Å². The number of ether oxygens (including phenoxy) is 2. The second-order valence-electron chi connectivity index (χ2n) is 14.2. The van der Waals surface area contributed by atoms with Gasteiger partial charge in [0.2, 0.25) is 5.78 Å². The Morgan fingerprint density at radius 3 is 2.34 bits per heavy atom. The van der Waals surface area contributed by atoms with Gasteiger partial charge in [-0.15, -0.1) is 11.8 Å². The third-order valence-corrected chi connectivity index (χ3v) is 11.0. The number of rotatable bonds is 9. The first-order valence-corrected chi connectivity index (χ1v) is 20.0. The molecule has 8 rings (SSSR count). The Morgan fingerprint density at radius 1 is 0.966 bits per heavy atom. The molecule has 0 bridgehead atoms. The van der Waals surface area contributed by atoms with E-state index >= 15 is 0 Å². The minimum atomic E-state index is -0.508. The normalized spacial score (nSPS) is 20.2. The number of nitrogens with two attached hydrogens (primary N) is 1. The Labute approximate surface area is 335 Å². The molecule has 4 aromatic heterocycles. The van der Waals surface area contributed by atoms with Crippen molar-refractivity contribution in [2.45, 2.75) is 83.4 Å². The number of nitrogens with zero attached hydrogens (tertiary/aromatic N) is 6. The van der Waals surface area contributed by atoms with E-state index in [1.54, 1.807) is 23.2 Å². The number of benzene rings is 1. The lowest BCUT2D eigenvalue weighted by Gasteiger charge is -2.18. The van der Waals surface area contributed by atoms with Gasteiger partial charge in [0.15, 0.2) is 11.2 Å². The van der Waals surface area contributed by atoms with Crippen molar-refractivity contribution in [1.29, 1.82) is 0 Å². The summed E-state index contributed by atoms with van der Waals surface area (Å²) in [5.74, 6) is 0.828. The molecular formula is C39H47N9O9S. The number of H-pyrrole nitrogens is 2. The predicted molar refractivity (Wildman–Crippen MR) is 217 cm³/mol. The number of carbonyl (C=O) groups is 1. The molecule has 1 aliphatic carbocycles. The number of allylic oxidation sites excluding steroid dienone is 2. The van der Waals surface area contributed by atoms with Gasteiger partial charge in [-0.1, -0.05) is 36.3 Å². The van der Waals surface area contributed by atoms with Gasteiger partial charge in [-0.2, -0.15) is 4.98 Å². The van der Waals surface area contributed by atoms with E-state index in [1.807, 2.05) is 39.0 Å². The molecule has 1 aromatic carbocycles. The number of hydrogen-bond acceptors (Lipinski definition) is 14. The number of nitrogens with one attached hydrogen (secondary N) is 2. The van der Waals surface area contributed by atoms with Crippen LogP contribution in [0, 0.1) is 19.8 Å². The van der Waals surface area contributed by atoms with Crippen LogP contribution in [-0.2, 0) is 22.4 Å². The van der Waals surface area contributed by atoms with E-state index in [9.17, 15) is 24.0 Å².